The highest BCUT2D eigenvalue weighted by Gasteiger charge is 2.46. The molecule has 1 aliphatic carbocycles. The molecule has 3 fully saturated rings. The maximum absolute atomic E-state index is 12.5. The molecule has 1 aromatic heterocycles. The summed E-state index contributed by atoms with van der Waals surface area (Å²) in [6, 6.07) is 10.1. The Balaban J connectivity index is 1.20. The van der Waals surface area contributed by atoms with Crippen molar-refractivity contribution in [1.82, 2.24) is 20.4 Å². The predicted octanol–water partition coefficient (Wildman–Crippen LogP) is 2.59. The summed E-state index contributed by atoms with van der Waals surface area (Å²) in [4.78, 5) is 14.9. The zero-order valence-electron chi connectivity index (χ0n) is 14.9. The Morgan fingerprint density at radius 2 is 1.92 bits per heavy atom. The number of nitrogens with one attached hydrogen (secondary N) is 1. The first kappa shape index (κ1) is 16.0. The predicted molar refractivity (Wildman–Crippen MR) is 95.5 cm³/mol. The minimum absolute atomic E-state index is 0.0141. The third-order valence-electron chi connectivity index (χ3n) is 6.08. The summed E-state index contributed by atoms with van der Waals surface area (Å²) in [7, 11) is 0. The van der Waals surface area contributed by atoms with E-state index in [0.717, 1.165) is 49.7 Å². The van der Waals surface area contributed by atoms with Gasteiger partial charge in [-0.05, 0) is 37.7 Å². The van der Waals surface area contributed by atoms with Gasteiger partial charge in [0.25, 0.3) is 0 Å². The van der Waals surface area contributed by atoms with Gasteiger partial charge in [-0.2, -0.15) is 0 Å². The number of nitrogens with zero attached hydrogens (tertiary/aromatic N) is 3. The Labute approximate surface area is 153 Å². The van der Waals surface area contributed by atoms with Gasteiger partial charge in [0.05, 0.1) is 12.5 Å². The first-order valence-electron chi connectivity index (χ1n) is 9.62. The van der Waals surface area contributed by atoms with Crippen molar-refractivity contribution >= 4 is 5.91 Å². The van der Waals surface area contributed by atoms with Gasteiger partial charge in [-0.25, -0.2) is 0 Å². The van der Waals surface area contributed by atoms with Crippen LogP contribution in [0.5, 0.6) is 0 Å². The fourth-order valence-corrected chi connectivity index (χ4v) is 4.32. The molecular formula is C20H24N4O2. The lowest BCUT2D eigenvalue weighted by molar-refractivity contribution is -0.121. The average molecular weight is 352 g/mol. The number of piperidine rings is 1. The van der Waals surface area contributed by atoms with Crippen LogP contribution >= 0.6 is 0 Å². The van der Waals surface area contributed by atoms with E-state index in [-0.39, 0.29) is 17.4 Å². The lowest BCUT2D eigenvalue weighted by Gasteiger charge is -2.38. The molecule has 6 heteroatoms. The van der Waals surface area contributed by atoms with Gasteiger partial charge in [-0.3, -0.25) is 9.69 Å². The van der Waals surface area contributed by atoms with Crippen molar-refractivity contribution in [3.63, 3.8) is 0 Å². The third kappa shape index (κ3) is 3.03. The third-order valence-corrected chi connectivity index (χ3v) is 6.08. The topological polar surface area (TPSA) is 71.3 Å². The number of aromatic nitrogens is 2. The number of carbonyl (C=O) groups is 1. The molecule has 1 saturated carbocycles. The molecule has 1 atom stereocenters. The molecule has 0 radical (unpaired) electrons. The Kier molecular flexibility index (Phi) is 3.81. The molecule has 1 spiro atoms. The van der Waals surface area contributed by atoms with Gasteiger partial charge in [0.2, 0.25) is 17.7 Å². The molecule has 2 aromatic rings. The van der Waals surface area contributed by atoms with Crippen molar-refractivity contribution in [3.05, 3.63) is 47.7 Å². The van der Waals surface area contributed by atoms with E-state index >= 15 is 0 Å². The number of benzene rings is 1. The molecule has 1 aromatic carbocycles. The average Bonchev–Trinajstić information content (AvgIpc) is 3.33. The molecular weight excluding hydrogens is 328 g/mol. The van der Waals surface area contributed by atoms with E-state index in [0.29, 0.717) is 12.5 Å². The second-order valence-corrected chi connectivity index (χ2v) is 8.02. The minimum atomic E-state index is -0.0535. The first-order chi connectivity index (χ1) is 12.7. The molecule has 2 aliphatic heterocycles. The van der Waals surface area contributed by atoms with E-state index in [1.807, 2.05) is 18.2 Å². The number of rotatable bonds is 4. The summed E-state index contributed by atoms with van der Waals surface area (Å²) in [6.45, 7) is 2.61. The largest absolute Gasteiger partial charge is 0.424 e. The molecule has 136 valence electrons. The quantitative estimate of drug-likeness (QED) is 0.916. The number of amides is 1. The summed E-state index contributed by atoms with van der Waals surface area (Å²) >= 11 is 0. The number of hydrogen-bond donors (Lipinski definition) is 1. The van der Waals surface area contributed by atoms with Crippen LogP contribution in [0.3, 0.4) is 0 Å². The summed E-state index contributed by atoms with van der Waals surface area (Å²) in [5.74, 6) is 2.20. The van der Waals surface area contributed by atoms with Crippen molar-refractivity contribution in [1.29, 1.82) is 0 Å². The van der Waals surface area contributed by atoms with Crippen LogP contribution in [-0.2, 0) is 11.3 Å². The van der Waals surface area contributed by atoms with Crippen molar-refractivity contribution in [2.45, 2.75) is 56.0 Å². The zero-order valence-corrected chi connectivity index (χ0v) is 14.9. The molecule has 6 nitrogen and oxygen atoms in total. The van der Waals surface area contributed by atoms with Crippen LogP contribution in [-0.4, -0.2) is 39.6 Å². The standard InChI is InChI=1S/C20H24N4O2/c25-18-16(14-4-2-1-3-5-14)12-20(21-18)8-10-24(11-9-20)13-17-22-23-19(26-17)15-6-7-15/h1-5,15-16H,6-13H2,(H,21,25)/t16-/m1/s1. The van der Waals surface area contributed by atoms with Crippen LogP contribution in [0.15, 0.2) is 34.7 Å². The van der Waals surface area contributed by atoms with Gasteiger partial charge in [0.15, 0.2) is 0 Å². The molecule has 3 heterocycles. The second-order valence-electron chi connectivity index (χ2n) is 8.02. The minimum Gasteiger partial charge on any atom is -0.424 e. The highest BCUT2D eigenvalue weighted by Crippen LogP contribution is 2.40. The van der Waals surface area contributed by atoms with Crippen molar-refractivity contribution in [2.24, 2.45) is 0 Å². The van der Waals surface area contributed by atoms with Crippen LogP contribution < -0.4 is 5.32 Å². The van der Waals surface area contributed by atoms with Gasteiger partial charge in [-0.15, -0.1) is 10.2 Å². The normalized spacial score (nSPS) is 25.5. The maximum Gasteiger partial charge on any atom is 0.230 e. The van der Waals surface area contributed by atoms with Crippen molar-refractivity contribution in [3.8, 4) is 0 Å². The van der Waals surface area contributed by atoms with Crippen LogP contribution in [0.1, 0.15) is 61.3 Å². The summed E-state index contributed by atoms with van der Waals surface area (Å²) in [5, 5.41) is 11.7. The molecule has 3 aliphatic rings. The molecule has 1 amide bonds. The molecule has 26 heavy (non-hydrogen) atoms. The fraction of sp³-hybridized carbons (Fsp3) is 0.550. The molecule has 5 rings (SSSR count). The van der Waals surface area contributed by atoms with E-state index in [9.17, 15) is 4.79 Å². The van der Waals surface area contributed by atoms with Crippen LogP contribution in [0.4, 0.5) is 0 Å². The Bertz CT molecular complexity index is 791. The fourth-order valence-electron chi connectivity index (χ4n) is 4.32. The summed E-state index contributed by atoms with van der Waals surface area (Å²) in [5.41, 5.74) is 1.07. The van der Waals surface area contributed by atoms with Gasteiger partial charge in [0, 0.05) is 24.5 Å². The Morgan fingerprint density at radius 3 is 2.65 bits per heavy atom. The zero-order chi connectivity index (χ0) is 17.6. The smallest absolute Gasteiger partial charge is 0.230 e. The van der Waals surface area contributed by atoms with Crippen LogP contribution in [0.2, 0.25) is 0 Å². The monoisotopic (exact) mass is 352 g/mol. The number of carbonyl (C=O) groups excluding carboxylic acids is 1. The van der Waals surface area contributed by atoms with Gasteiger partial charge < -0.3 is 9.73 Å². The first-order valence-corrected chi connectivity index (χ1v) is 9.62. The van der Waals surface area contributed by atoms with Gasteiger partial charge in [0.1, 0.15) is 0 Å². The number of hydrogen-bond acceptors (Lipinski definition) is 5. The van der Waals surface area contributed by atoms with E-state index < -0.39 is 0 Å². The molecule has 0 unspecified atom stereocenters. The summed E-state index contributed by atoms with van der Waals surface area (Å²) in [6.07, 6.45) is 5.21. The highest BCUT2D eigenvalue weighted by atomic mass is 16.4. The van der Waals surface area contributed by atoms with Crippen LogP contribution in [0.25, 0.3) is 0 Å². The lowest BCUT2D eigenvalue weighted by atomic mass is 9.82. The highest BCUT2D eigenvalue weighted by molar-refractivity contribution is 5.87. The lowest BCUT2D eigenvalue weighted by Crippen LogP contribution is -2.50. The summed E-state index contributed by atoms with van der Waals surface area (Å²) < 4.78 is 5.79. The molecule has 0 bridgehead atoms. The van der Waals surface area contributed by atoms with Crippen LogP contribution in [0, 0.1) is 0 Å². The Hall–Kier alpha value is -2.21. The van der Waals surface area contributed by atoms with Gasteiger partial charge >= 0.3 is 0 Å². The Morgan fingerprint density at radius 1 is 1.15 bits per heavy atom. The molecule has 1 N–H and O–H groups in total. The number of likely N-dealkylation sites (tertiary alicyclic amines) is 1. The second kappa shape index (κ2) is 6.20. The van der Waals surface area contributed by atoms with Crippen molar-refractivity contribution < 1.29 is 9.21 Å². The van der Waals surface area contributed by atoms with E-state index in [1.165, 1.54) is 12.8 Å². The van der Waals surface area contributed by atoms with E-state index in [2.05, 4.69) is 32.5 Å². The SMILES string of the molecule is O=C1NC2(CCN(Cc3nnc(C4CC4)o3)CC2)C[C@@H]1c1ccccc1. The van der Waals surface area contributed by atoms with Gasteiger partial charge in [-0.1, -0.05) is 30.3 Å². The van der Waals surface area contributed by atoms with E-state index in [1.54, 1.807) is 0 Å². The maximum atomic E-state index is 12.5. The van der Waals surface area contributed by atoms with E-state index in [4.69, 9.17) is 4.42 Å². The molecule has 2 saturated heterocycles. The van der Waals surface area contributed by atoms with Crippen molar-refractivity contribution in [2.75, 3.05) is 13.1 Å².